The fraction of sp³-hybridized carbons (Fsp3) is 0.0476. The predicted molar refractivity (Wildman–Crippen MR) is 105 cm³/mol. The van der Waals surface area contributed by atoms with Gasteiger partial charge in [-0.2, -0.15) is 0 Å². The van der Waals surface area contributed by atoms with Crippen molar-refractivity contribution in [1.29, 1.82) is 0 Å². The highest BCUT2D eigenvalue weighted by molar-refractivity contribution is 5.93. The zero-order chi connectivity index (χ0) is 19.5. The number of non-ortho nitro benzene ring substituents is 1. The number of anilines is 1. The summed E-state index contributed by atoms with van der Waals surface area (Å²) < 4.78 is 5.76. The van der Waals surface area contributed by atoms with E-state index in [2.05, 4.69) is 10.3 Å². The third-order valence-corrected chi connectivity index (χ3v) is 4.20. The molecule has 0 saturated carbocycles. The van der Waals surface area contributed by atoms with Crippen molar-refractivity contribution < 1.29 is 14.1 Å². The van der Waals surface area contributed by atoms with E-state index in [9.17, 15) is 14.9 Å². The quantitative estimate of drug-likeness (QED) is 0.408. The molecular weight excluding hydrogens is 358 g/mol. The van der Waals surface area contributed by atoms with Gasteiger partial charge in [-0.15, -0.1) is 0 Å². The summed E-state index contributed by atoms with van der Waals surface area (Å²) in [5, 5.41) is 13.5. The lowest BCUT2D eigenvalue weighted by Crippen LogP contribution is -2.14. The average Bonchev–Trinajstić information content (AvgIpc) is 3.13. The van der Waals surface area contributed by atoms with E-state index < -0.39 is 4.92 Å². The van der Waals surface area contributed by atoms with Crippen LogP contribution in [0.3, 0.4) is 0 Å². The van der Waals surface area contributed by atoms with Gasteiger partial charge in [0.25, 0.3) is 5.69 Å². The Bertz CT molecular complexity index is 1130. The van der Waals surface area contributed by atoms with Crippen molar-refractivity contribution in [3.05, 3.63) is 88.5 Å². The van der Waals surface area contributed by atoms with Crippen molar-refractivity contribution in [3.63, 3.8) is 0 Å². The first-order chi connectivity index (χ1) is 13.6. The van der Waals surface area contributed by atoms with Crippen molar-refractivity contribution in [1.82, 2.24) is 4.98 Å². The van der Waals surface area contributed by atoms with E-state index >= 15 is 0 Å². The van der Waals surface area contributed by atoms with Crippen molar-refractivity contribution in [2.45, 2.75) is 6.42 Å². The second-order valence-corrected chi connectivity index (χ2v) is 6.22. The number of rotatable bonds is 5. The average molecular weight is 373 g/mol. The second kappa shape index (κ2) is 7.32. The Labute approximate surface area is 159 Å². The number of nitrogens with one attached hydrogen (secondary N) is 1. The number of nitro groups is 1. The molecule has 0 saturated heterocycles. The number of fused-ring (bicyclic) bond motifs is 1. The molecule has 28 heavy (non-hydrogen) atoms. The number of oxazole rings is 1. The minimum Gasteiger partial charge on any atom is -0.436 e. The molecule has 0 fully saturated rings. The number of hydrogen-bond donors (Lipinski definition) is 1. The summed E-state index contributed by atoms with van der Waals surface area (Å²) in [5.74, 6) is 0.260. The molecule has 0 radical (unpaired) electrons. The van der Waals surface area contributed by atoms with E-state index in [-0.39, 0.29) is 18.0 Å². The normalized spacial score (nSPS) is 10.7. The summed E-state index contributed by atoms with van der Waals surface area (Å²) in [6, 6.07) is 20.7. The van der Waals surface area contributed by atoms with Gasteiger partial charge >= 0.3 is 0 Å². The van der Waals surface area contributed by atoms with Crippen LogP contribution in [0.25, 0.3) is 22.6 Å². The minimum atomic E-state index is -0.471. The molecule has 1 heterocycles. The van der Waals surface area contributed by atoms with Crippen LogP contribution in [0.2, 0.25) is 0 Å². The third-order valence-electron chi connectivity index (χ3n) is 4.20. The third kappa shape index (κ3) is 3.73. The van der Waals surface area contributed by atoms with Crippen LogP contribution in [0, 0.1) is 10.1 Å². The highest BCUT2D eigenvalue weighted by Gasteiger charge is 2.11. The molecule has 0 unspecified atom stereocenters. The maximum atomic E-state index is 12.3. The van der Waals surface area contributed by atoms with Gasteiger partial charge in [-0.1, -0.05) is 30.3 Å². The Hall–Kier alpha value is -4.00. The van der Waals surface area contributed by atoms with Crippen LogP contribution in [0.4, 0.5) is 11.4 Å². The molecular formula is C21H15N3O4. The van der Waals surface area contributed by atoms with E-state index in [0.717, 1.165) is 11.1 Å². The molecule has 4 rings (SSSR count). The van der Waals surface area contributed by atoms with E-state index in [1.807, 2.05) is 36.4 Å². The van der Waals surface area contributed by atoms with E-state index in [0.29, 0.717) is 22.7 Å². The fourth-order valence-corrected chi connectivity index (χ4v) is 2.85. The SMILES string of the molecule is O=C(Cc1ccc([N+](=O)[O-])cc1)Nc1cccc(-c2nc3ccccc3o2)c1. The smallest absolute Gasteiger partial charge is 0.269 e. The molecule has 0 aliphatic heterocycles. The van der Waals surface area contributed by atoms with Gasteiger partial charge in [0.1, 0.15) is 5.52 Å². The van der Waals surface area contributed by atoms with Gasteiger partial charge in [0.2, 0.25) is 11.8 Å². The van der Waals surface area contributed by atoms with Gasteiger partial charge in [-0.05, 0) is 35.9 Å². The Kier molecular flexibility index (Phi) is 4.55. The topological polar surface area (TPSA) is 98.3 Å². The molecule has 0 aliphatic rings. The second-order valence-electron chi connectivity index (χ2n) is 6.22. The lowest BCUT2D eigenvalue weighted by Gasteiger charge is -2.06. The number of carbonyl (C=O) groups excluding carboxylic acids is 1. The van der Waals surface area contributed by atoms with E-state index in [4.69, 9.17) is 4.42 Å². The number of nitro benzene ring substituents is 1. The summed E-state index contributed by atoms with van der Waals surface area (Å²) in [6.07, 6.45) is 0.116. The molecule has 1 aromatic heterocycles. The minimum absolute atomic E-state index is 0.00445. The molecule has 7 nitrogen and oxygen atoms in total. The van der Waals surface area contributed by atoms with E-state index in [1.54, 1.807) is 24.3 Å². The van der Waals surface area contributed by atoms with Crippen LogP contribution in [0.5, 0.6) is 0 Å². The number of benzene rings is 3. The summed E-state index contributed by atoms with van der Waals surface area (Å²) in [6.45, 7) is 0. The lowest BCUT2D eigenvalue weighted by atomic mass is 10.1. The largest absolute Gasteiger partial charge is 0.436 e. The standard InChI is InChI=1S/C21H15N3O4/c25-20(12-14-8-10-17(11-9-14)24(26)27)22-16-5-3-4-15(13-16)21-23-18-6-1-2-7-19(18)28-21/h1-11,13H,12H2,(H,22,25). The summed E-state index contributed by atoms with van der Waals surface area (Å²) in [4.78, 5) is 27.0. The number of para-hydroxylation sites is 2. The van der Waals surface area contributed by atoms with Crippen molar-refractivity contribution in [3.8, 4) is 11.5 Å². The molecule has 1 N–H and O–H groups in total. The molecule has 3 aromatic carbocycles. The highest BCUT2D eigenvalue weighted by Crippen LogP contribution is 2.26. The van der Waals surface area contributed by atoms with Gasteiger partial charge in [0, 0.05) is 23.4 Å². The Morgan fingerprint density at radius 2 is 1.82 bits per heavy atom. The molecule has 0 aliphatic carbocycles. The molecule has 4 aromatic rings. The molecule has 1 amide bonds. The lowest BCUT2D eigenvalue weighted by molar-refractivity contribution is -0.384. The summed E-state index contributed by atoms with van der Waals surface area (Å²) in [7, 11) is 0. The van der Waals surface area contributed by atoms with Crippen molar-refractivity contribution in [2.24, 2.45) is 0 Å². The Balaban J connectivity index is 1.48. The summed E-state index contributed by atoms with van der Waals surface area (Å²) >= 11 is 0. The van der Waals surface area contributed by atoms with Gasteiger partial charge < -0.3 is 9.73 Å². The molecule has 0 bridgehead atoms. The number of carbonyl (C=O) groups is 1. The van der Waals surface area contributed by atoms with Crippen LogP contribution >= 0.6 is 0 Å². The monoisotopic (exact) mass is 373 g/mol. The Morgan fingerprint density at radius 1 is 1.04 bits per heavy atom. The number of nitrogens with zero attached hydrogens (tertiary/aromatic N) is 2. The fourth-order valence-electron chi connectivity index (χ4n) is 2.85. The van der Waals surface area contributed by atoms with Crippen LogP contribution < -0.4 is 5.32 Å². The number of amides is 1. The Morgan fingerprint density at radius 3 is 2.57 bits per heavy atom. The maximum absolute atomic E-state index is 12.3. The molecule has 7 heteroatoms. The molecule has 0 atom stereocenters. The summed E-state index contributed by atoms with van der Waals surface area (Å²) in [5.41, 5.74) is 3.53. The van der Waals surface area contributed by atoms with Gasteiger partial charge in [0.15, 0.2) is 5.58 Å². The zero-order valence-electron chi connectivity index (χ0n) is 14.7. The van der Waals surface area contributed by atoms with Crippen molar-refractivity contribution >= 4 is 28.4 Å². The number of hydrogen-bond acceptors (Lipinski definition) is 5. The highest BCUT2D eigenvalue weighted by atomic mass is 16.6. The zero-order valence-corrected chi connectivity index (χ0v) is 14.7. The van der Waals surface area contributed by atoms with Gasteiger partial charge in [0.05, 0.1) is 11.3 Å². The van der Waals surface area contributed by atoms with Gasteiger partial charge in [-0.25, -0.2) is 4.98 Å². The van der Waals surface area contributed by atoms with E-state index in [1.165, 1.54) is 12.1 Å². The van der Waals surface area contributed by atoms with Crippen molar-refractivity contribution in [2.75, 3.05) is 5.32 Å². The maximum Gasteiger partial charge on any atom is 0.269 e. The van der Waals surface area contributed by atoms with Crippen LogP contribution in [0.15, 0.2) is 77.2 Å². The number of aromatic nitrogens is 1. The predicted octanol–water partition coefficient (Wildman–Crippen LogP) is 4.58. The first kappa shape index (κ1) is 17.4. The van der Waals surface area contributed by atoms with Crippen LogP contribution in [0.1, 0.15) is 5.56 Å². The molecule has 138 valence electrons. The molecule has 0 spiro atoms. The van der Waals surface area contributed by atoms with Gasteiger partial charge in [-0.3, -0.25) is 14.9 Å². The first-order valence-electron chi connectivity index (χ1n) is 8.58. The van der Waals surface area contributed by atoms with Crippen LogP contribution in [-0.2, 0) is 11.2 Å². The first-order valence-corrected chi connectivity index (χ1v) is 8.58. The van der Waals surface area contributed by atoms with Crippen LogP contribution in [-0.4, -0.2) is 15.8 Å².